The molecule has 228 valence electrons. The van der Waals surface area contributed by atoms with Crippen molar-refractivity contribution in [3.05, 3.63) is 70.5 Å². The van der Waals surface area contributed by atoms with Gasteiger partial charge in [0.15, 0.2) is 11.6 Å². The van der Waals surface area contributed by atoms with Crippen LogP contribution in [-0.4, -0.2) is 68.8 Å². The Bertz CT molecular complexity index is 1500. The number of hydrogen-bond donors (Lipinski definition) is 1. The molecule has 0 aliphatic carbocycles. The lowest BCUT2D eigenvalue weighted by atomic mass is 9.83. The van der Waals surface area contributed by atoms with Gasteiger partial charge in [0, 0.05) is 30.7 Å². The molecule has 3 aliphatic rings. The number of amides is 2. The lowest BCUT2D eigenvalue weighted by Crippen LogP contribution is -2.53. The van der Waals surface area contributed by atoms with E-state index < -0.39 is 66.8 Å². The Morgan fingerprint density at radius 2 is 1.50 bits per heavy atom. The Balaban J connectivity index is 1.32. The van der Waals surface area contributed by atoms with Crippen LogP contribution in [0.2, 0.25) is 0 Å². The topological polar surface area (TPSA) is 104 Å². The van der Waals surface area contributed by atoms with Crippen LogP contribution in [-0.2, 0) is 27.4 Å². The summed E-state index contributed by atoms with van der Waals surface area (Å²) in [6.45, 7) is 5.06. The number of piperidine rings is 1. The van der Waals surface area contributed by atoms with Gasteiger partial charge in [0.05, 0.1) is 32.6 Å². The maximum absolute atomic E-state index is 14.6. The second kappa shape index (κ2) is 11.5. The van der Waals surface area contributed by atoms with Crippen LogP contribution in [0.4, 0.5) is 13.2 Å². The van der Waals surface area contributed by atoms with Gasteiger partial charge in [0.2, 0.25) is 10.0 Å². The molecule has 2 aromatic rings. The Morgan fingerprint density at radius 3 is 2.05 bits per heavy atom. The molecule has 8 nitrogen and oxygen atoms in total. The van der Waals surface area contributed by atoms with Crippen molar-refractivity contribution in [2.24, 2.45) is 5.92 Å². The summed E-state index contributed by atoms with van der Waals surface area (Å²) in [5.74, 6) is -5.04. The minimum absolute atomic E-state index is 0.0541. The summed E-state index contributed by atoms with van der Waals surface area (Å²) in [6.07, 6.45) is 1.94. The normalized spacial score (nSPS) is 24.2. The summed E-state index contributed by atoms with van der Waals surface area (Å²) in [5.41, 5.74) is 0.453. The smallest absolute Gasteiger partial charge is 0.261 e. The Kier molecular flexibility index (Phi) is 8.42. The molecular formula is C29H34F3N3O5S2. The molecule has 42 heavy (non-hydrogen) atoms. The molecule has 2 bridgehead atoms. The molecular weight excluding hydrogens is 591 g/mol. The number of nitrogens with zero attached hydrogens (tertiary/aromatic N) is 2. The summed E-state index contributed by atoms with van der Waals surface area (Å²) in [5, 5.41) is 0. The molecule has 0 saturated carbocycles. The summed E-state index contributed by atoms with van der Waals surface area (Å²) < 4.78 is 86.3. The number of halogens is 3. The largest absolute Gasteiger partial charge is 0.273 e. The van der Waals surface area contributed by atoms with Gasteiger partial charge in [-0.25, -0.2) is 30.5 Å². The second-order valence-electron chi connectivity index (χ2n) is 12.2. The van der Waals surface area contributed by atoms with Gasteiger partial charge in [-0.1, -0.05) is 12.1 Å². The average molecular weight is 626 g/mol. The highest BCUT2D eigenvalue weighted by molar-refractivity contribution is 7.89. The molecule has 3 heterocycles. The van der Waals surface area contributed by atoms with Gasteiger partial charge in [0.1, 0.15) is 5.82 Å². The molecule has 5 rings (SSSR count). The highest BCUT2D eigenvalue weighted by Gasteiger charge is 2.49. The van der Waals surface area contributed by atoms with Crippen LogP contribution in [0.1, 0.15) is 72.7 Å². The Labute approximate surface area is 246 Å². The van der Waals surface area contributed by atoms with Crippen molar-refractivity contribution in [2.45, 2.75) is 75.7 Å². The van der Waals surface area contributed by atoms with E-state index >= 15 is 0 Å². The summed E-state index contributed by atoms with van der Waals surface area (Å²) >= 11 is 0. The van der Waals surface area contributed by atoms with E-state index in [-0.39, 0.29) is 47.7 Å². The Hall–Kier alpha value is -2.61. The fraction of sp³-hybridized carbons (Fsp3) is 0.517. The maximum atomic E-state index is 14.6. The van der Waals surface area contributed by atoms with Crippen LogP contribution < -0.4 is 4.72 Å². The molecule has 0 radical (unpaired) electrons. The van der Waals surface area contributed by atoms with Crippen LogP contribution in [0.3, 0.4) is 0 Å². The number of nitrogens with one attached hydrogen (secondary N) is 1. The average Bonchev–Trinajstić information content (AvgIpc) is 3.34. The van der Waals surface area contributed by atoms with Gasteiger partial charge < -0.3 is 0 Å². The monoisotopic (exact) mass is 625 g/mol. The number of hydrogen-bond acceptors (Lipinski definition) is 5. The molecule has 0 aromatic heterocycles. The molecule has 5 atom stereocenters. The van der Waals surface area contributed by atoms with Crippen LogP contribution in [0.15, 0.2) is 36.4 Å². The molecule has 2 saturated heterocycles. The first-order chi connectivity index (χ1) is 19.7. The molecule has 1 N–H and O–H groups in total. The van der Waals surface area contributed by atoms with Crippen LogP contribution >= 0.6 is 0 Å². The maximum Gasteiger partial charge on any atom is 0.261 e. The van der Waals surface area contributed by atoms with Crippen LogP contribution in [0.25, 0.3) is 0 Å². The zero-order valence-corrected chi connectivity index (χ0v) is 25.2. The molecule has 2 aromatic carbocycles. The summed E-state index contributed by atoms with van der Waals surface area (Å²) in [4.78, 5) is 26.4. The summed E-state index contributed by atoms with van der Waals surface area (Å²) in [7, 11) is -5.41. The van der Waals surface area contributed by atoms with E-state index in [1.807, 2.05) is 0 Å². The number of rotatable bonds is 9. The standard InChI is InChI=1S/C29H34F3N3O5S2/c1-29(2,3)41(38)33-26(15-17-14-24(31)25(32)16-23(17)30)18-12-19-8-9-20(13-18)35(19)42(39,40)11-10-34-27(36)21-6-4-5-7-22(21)28(34)37/h4-7,14,16,18-20,26,33H,8-13,15H2,1-3H3/t18?,19-,20+,26-,41?/m1/s1. The minimum Gasteiger partial charge on any atom is -0.273 e. The number of sulfonamides is 1. The number of benzene rings is 2. The van der Waals surface area contributed by atoms with Crippen LogP contribution in [0, 0.1) is 23.4 Å². The first-order valence-electron chi connectivity index (χ1n) is 13.9. The van der Waals surface area contributed by atoms with Crippen molar-refractivity contribution in [1.82, 2.24) is 13.9 Å². The molecule has 0 spiro atoms. The van der Waals surface area contributed by atoms with E-state index in [0.717, 1.165) is 11.0 Å². The van der Waals surface area contributed by atoms with Crippen molar-refractivity contribution < 1.29 is 35.4 Å². The molecule has 2 unspecified atom stereocenters. The molecule has 3 aliphatic heterocycles. The first-order valence-corrected chi connectivity index (χ1v) is 16.7. The zero-order chi connectivity index (χ0) is 30.6. The van der Waals surface area contributed by atoms with Gasteiger partial charge in [-0.15, -0.1) is 0 Å². The SMILES string of the molecule is CC(C)(C)S(=O)N[C@H](Cc1cc(F)c(F)cc1F)C1C[C@H]2CC[C@@H](C1)N2S(=O)(=O)CCN1C(=O)c2ccccc2C1=O. The number of imide groups is 1. The van der Waals surface area contributed by atoms with Gasteiger partial charge >= 0.3 is 0 Å². The molecule has 2 amide bonds. The second-order valence-corrected chi connectivity index (χ2v) is 16.2. The first kappa shape index (κ1) is 30.8. The van der Waals surface area contributed by atoms with E-state index in [4.69, 9.17) is 0 Å². The van der Waals surface area contributed by atoms with E-state index in [2.05, 4.69) is 4.72 Å². The predicted octanol–water partition coefficient (Wildman–Crippen LogP) is 3.94. The highest BCUT2D eigenvalue weighted by atomic mass is 32.2. The third-order valence-corrected chi connectivity index (χ3v) is 12.0. The van der Waals surface area contributed by atoms with Gasteiger partial charge in [-0.05, 0) is 82.6 Å². The minimum atomic E-state index is -3.86. The number of fused-ring (bicyclic) bond motifs is 3. The molecule has 2 fully saturated rings. The Morgan fingerprint density at radius 1 is 0.952 bits per heavy atom. The fourth-order valence-electron chi connectivity index (χ4n) is 6.29. The summed E-state index contributed by atoms with van der Waals surface area (Å²) in [6, 6.07) is 6.35. The molecule has 13 heteroatoms. The lowest BCUT2D eigenvalue weighted by molar-refractivity contribution is 0.0663. The van der Waals surface area contributed by atoms with E-state index in [9.17, 15) is 35.4 Å². The fourth-order valence-corrected chi connectivity index (χ4v) is 9.11. The quantitative estimate of drug-likeness (QED) is 0.336. The van der Waals surface area contributed by atoms with Crippen molar-refractivity contribution >= 4 is 32.8 Å². The number of carbonyl (C=O) groups is 2. The van der Waals surface area contributed by atoms with Crippen molar-refractivity contribution in [1.29, 1.82) is 0 Å². The lowest BCUT2D eigenvalue weighted by Gasteiger charge is -2.41. The third-order valence-electron chi connectivity index (χ3n) is 8.39. The number of carbonyl (C=O) groups excluding carboxylic acids is 2. The van der Waals surface area contributed by atoms with Crippen molar-refractivity contribution in [3.8, 4) is 0 Å². The van der Waals surface area contributed by atoms with Crippen molar-refractivity contribution in [3.63, 3.8) is 0 Å². The highest BCUT2D eigenvalue weighted by Crippen LogP contribution is 2.42. The third kappa shape index (κ3) is 5.93. The zero-order valence-electron chi connectivity index (χ0n) is 23.6. The van der Waals surface area contributed by atoms with Crippen molar-refractivity contribution in [2.75, 3.05) is 12.3 Å². The predicted molar refractivity (Wildman–Crippen MR) is 152 cm³/mol. The van der Waals surface area contributed by atoms with Gasteiger partial charge in [0.25, 0.3) is 11.8 Å². The van der Waals surface area contributed by atoms with Crippen LogP contribution in [0.5, 0.6) is 0 Å². The van der Waals surface area contributed by atoms with Gasteiger partial charge in [-0.2, -0.15) is 4.31 Å². The van der Waals surface area contributed by atoms with E-state index in [0.29, 0.717) is 31.7 Å². The van der Waals surface area contributed by atoms with E-state index in [1.165, 1.54) is 4.31 Å². The van der Waals surface area contributed by atoms with E-state index in [1.54, 1.807) is 45.0 Å². The van der Waals surface area contributed by atoms with Gasteiger partial charge in [-0.3, -0.25) is 14.5 Å².